The van der Waals surface area contributed by atoms with Gasteiger partial charge in [-0.15, -0.1) is 0 Å². The van der Waals surface area contributed by atoms with Crippen LogP contribution in [0, 0.1) is 11.8 Å². The van der Waals surface area contributed by atoms with E-state index in [1.165, 1.54) is 0 Å². The zero-order valence-electron chi connectivity index (χ0n) is 13.2. The molecule has 2 rings (SSSR count). The van der Waals surface area contributed by atoms with Gasteiger partial charge in [0.2, 0.25) is 10.0 Å². The molecule has 0 aromatic heterocycles. The number of nitrogens with one attached hydrogen (secondary N) is 1. The monoisotopic (exact) mass is 310 g/mol. The summed E-state index contributed by atoms with van der Waals surface area (Å²) < 4.78 is 26.8. The highest BCUT2D eigenvalue weighted by Crippen LogP contribution is 2.27. The number of nitrogens with zero attached hydrogens (tertiary/aromatic N) is 1. The van der Waals surface area contributed by atoms with Gasteiger partial charge in [-0.3, -0.25) is 0 Å². The van der Waals surface area contributed by atoms with E-state index in [4.69, 9.17) is 0 Å². The molecule has 1 aromatic rings. The third-order valence-corrected chi connectivity index (χ3v) is 6.06. The standard InChI is InChI=1S/C16H26N2O2S/c1-13(2)16-7-8-18(11-16)21(19,20)12-15-6-4-5-14(9-15)10-17-3/h4-6,9,13,16-17H,7-8,10-12H2,1-3H3. The molecule has 0 radical (unpaired) electrons. The lowest BCUT2D eigenvalue weighted by Crippen LogP contribution is -2.30. The smallest absolute Gasteiger partial charge is 0.218 e. The summed E-state index contributed by atoms with van der Waals surface area (Å²) in [6.45, 7) is 6.44. The average Bonchev–Trinajstić information content (AvgIpc) is 2.89. The van der Waals surface area contributed by atoms with Crippen molar-refractivity contribution in [3.63, 3.8) is 0 Å². The fourth-order valence-corrected chi connectivity index (χ4v) is 4.47. The summed E-state index contributed by atoms with van der Waals surface area (Å²) in [6.07, 6.45) is 0.983. The van der Waals surface area contributed by atoms with Crippen molar-refractivity contribution >= 4 is 10.0 Å². The van der Waals surface area contributed by atoms with E-state index in [0.29, 0.717) is 24.9 Å². The van der Waals surface area contributed by atoms with Crippen molar-refractivity contribution in [1.82, 2.24) is 9.62 Å². The van der Waals surface area contributed by atoms with Crippen molar-refractivity contribution in [3.8, 4) is 0 Å². The number of sulfonamides is 1. The number of hydrogen-bond donors (Lipinski definition) is 1. The van der Waals surface area contributed by atoms with Crippen LogP contribution in [0.15, 0.2) is 24.3 Å². The summed E-state index contributed by atoms with van der Waals surface area (Å²) in [7, 11) is -1.31. The lowest BCUT2D eigenvalue weighted by Gasteiger charge is -2.18. The molecular formula is C16H26N2O2S. The number of hydrogen-bond acceptors (Lipinski definition) is 3. The first-order valence-corrected chi connectivity index (χ1v) is 9.23. The minimum atomic E-state index is -3.20. The topological polar surface area (TPSA) is 49.4 Å². The van der Waals surface area contributed by atoms with E-state index in [2.05, 4.69) is 19.2 Å². The van der Waals surface area contributed by atoms with E-state index in [0.717, 1.165) is 24.1 Å². The molecule has 1 fully saturated rings. The molecule has 1 saturated heterocycles. The summed E-state index contributed by atoms with van der Waals surface area (Å²) >= 11 is 0. The van der Waals surface area contributed by atoms with Crippen LogP contribution in [0.4, 0.5) is 0 Å². The molecule has 5 heteroatoms. The van der Waals surface area contributed by atoms with Crippen molar-refractivity contribution < 1.29 is 8.42 Å². The van der Waals surface area contributed by atoms with Crippen LogP contribution in [-0.2, 0) is 22.3 Å². The Bertz CT molecular complexity index is 569. The molecule has 1 unspecified atom stereocenters. The molecule has 21 heavy (non-hydrogen) atoms. The SMILES string of the molecule is CNCc1cccc(CS(=O)(=O)N2CCC(C(C)C)C2)c1. The van der Waals surface area contributed by atoms with Gasteiger partial charge >= 0.3 is 0 Å². The molecule has 0 amide bonds. The molecule has 0 spiro atoms. The van der Waals surface area contributed by atoms with Gasteiger partial charge in [0.15, 0.2) is 0 Å². The Balaban J connectivity index is 2.06. The van der Waals surface area contributed by atoms with Crippen LogP contribution in [0.2, 0.25) is 0 Å². The van der Waals surface area contributed by atoms with Crippen LogP contribution in [0.1, 0.15) is 31.4 Å². The van der Waals surface area contributed by atoms with Gasteiger partial charge in [0.25, 0.3) is 0 Å². The van der Waals surface area contributed by atoms with Crippen molar-refractivity contribution in [2.24, 2.45) is 11.8 Å². The highest BCUT2D eigenvalue weighted by atomic mass is 32.2. The highest BCUT2D eigenvalue weighted by Gasteiger charge is 2.32. The Morgan fingerprint density at radius 1 is 1.33 bits per heavy atom. The van der Waals surface area contributed by atoms with Crippen LogP contribution in [0.5, 0.6) is 0 Å². The molecule has 118 valence electrons. The second-order valence-corrected chi connectivity index (χ2v) is 8.23. The molecule has 0 aliphatic carbocycles. The minimum absolute atomic E-state index is 0.107. The Morgan fingerprint density at radius 3 is 2.67 bits per heavy atom. The maximum absolute atomic E-state index is 12.5. The fourth-order valence-electron chi connectivity index (χ4n) is 2.89. The van der Waals surface area contributed by atoms with Gasteiger partial charge in [-0.05, 0) is 36.4 Å². The number of rotatable bonds is 6. The lowest BCUT2D eigenvalue weighted by molar-refractivity contribution is 0.388. The van der Waals surface area contributed by atoms with Gasteiger partial charge < -0.3 is 5.32 Å². The Kier molecular flexibility index (Phi) is 5.41. The maximum atomic E-state index is 12.5. The predicted molar refractivity (Wildman–Crippen MR) is 86.3 cm³/mol. The molecule has 4 nitrogen and oxygen atoms in total. The first-order valence-electron chi connectivity index (χ1n) is 7.62. The van der Waals surface area contributed by atoms with Gasteiger partial charge in [-0.2, -0.15) is 0 Å². The summed E-state index contributed by atoms with van der Waals surface area (Å²) in [5.74, 6) is 1.15. The summed E-state index contributed by atoms with van der Waals surface area (Å²) in [5.41, 5.74) is 1.99. The first kappa shape index (κ1) is 16.5. The molecule has 1 aliphatic heterocycles. The van der Waals surface area contributed by atoms with E-state index in [9.17, 15) is 8.42 Å². The second-order valence-electron chi connectivity index (χ2n) is 6.26. The van der Waals surface area contributed by atoms with Crippen LogP contribution in [0.3, 0.4) is 0 Å². The summed E-state index contributed by atoms with van der Waals surface area (Å²) in [4.78, 5) is 0. The molecule has 1 N–H and O–H groups in total. The van der Waals surface area contributed by atoms with E-state index in [1.807, 2.05) is 31.3 Å². The van der Waals surface area contributed by atoms with Crippen molar-refractivity contribution in [3.05, 3.63) is 35.4 Å². The average molecular weight is 310 g/mol. The normalized spacial score (nSPS) is 20.3. The largest absolute Gasteiger partial charge is 0.316 e. The summed E-state index contributed by atoms with van der Waals surface area (Å²) in [6, 6.07) is 7.81. The molecule has 0 saturated carbocycles. The van der Waals surface area contributed by atoms with E-state index >= 15 is 0 Å². The third kappa shape index (κ3) is 4.28. The second kappa shape index (κ2) is 6.90. The lowest BCUT2D eigenvalue weighted by atomic mass is 9.96. The Morgan fingerprint density at radius 2 is 2.05 bits per heavy atom. The first-order chi connectivity index (χ1) is 9.92. The zero-order chi connectivity index (χ0) is 15.5. The van der Waals surface area contributed by atoms with Gasteiger partial charge in [0.05, 0.1) is 5.75 Å². The van der Waals surface area contributed by atoms with E-state index in [-0.39, 0.29) is 5.75 Å². The maximum Gasteiger partial charge on any atom is 0.218 e. The van der Waals surface area contributed by atoms with Gasteiger partial charge in [0, 0.05) is 19.6 Å². The van der Waals surface area contributed by atoms with Crippen LogP contribution in [-0.4, -0.2) is 32.9 Å². The predicted octanol–water partition coefficient (Wildman–Crippen LogP) is 2.21. The molecule has 1 aliphatic rings. The van der Waals surface area contributed by atoms with Crippen LogP contribution < -0.4 is 5.32 Å². The van der Waals surface area contributed by atoms with Crippen molar-refractivity contribution in [2.45, 2.75) is 32.6 Å². The highest BCUT2D eigenvalue weighted by molar-refractivity contribution is 7.88. The van der Waals surface area contributed by atoms with Gasteiger partial charge in [0.1, 0.15) is 0 Å². The molecule has 1 heterocycles. The Labute approximate surface area is 128 Å². The quantitative estimate of drug-likeness (QED) is 0.876. The van der Waals surface area contributed by atoms with Gasteiger partial charge in [-0.25, -0.2) is 12.7 Å². The van der Waals surface area contributed by atoms with Crippen LogP contribution in [0.25, 0.3) is 0 Å². The van der Waals surface area contributed by atoms with Gasteiger partial charge in [-0.1, -0.05) is 38.1 Å². The van der Waals surface area contributed by atoms with Crippen molar-refractivity contribution in [2.75, 3.05) is 20.1 Å². The van der Waals surface area contributed by atoms with E-state index < -0.39 is 10.0 Å². The molecule has 1 atom stereocenters. The third-order valence-electron chi connectivity index (χ3n) is 4.24. The fraction of sp³-hybridized carbons (Fsp3) is 0.625. The molecule has 0 bridgehead atoms. The summed E-state index contributed by atoms with van der Waals surface area (Å²) in [5, 5.41) is 3.09. The molecule has 1 aromatic carbocycles. The van der Waals surface area contributed by atoms with E-state index in [1.54, 1.807) is 4.31 Å². The number of benzene rings is 1. The Hall–Kier alpha value is -0.910. The van der Waals surface area contributed by atoms with Crippen molar-refractivity contribution in [1.29, 1.82) is 0 Å². The minimum Gasteiger partial charge on any atom is -0.316 e. The molecular weight excluding hydrogens is 284 g/mol. The zero-order valence-corrected chi connectivity index (χ0v) is 14.0. The van der Waals surface area contributed by atoms with Crippen LogP contribution >= 0.6 is 0 Å².